The van der Waals surface area contributed by atoms with Crippen LogP contribution in [0.2, 0.25) is 10.0 Å². The average molecular weight is 669 g/mol. The van der Waals surface area contributed by atoms with E-state index < -0.39 is 0 Å². The molecule has 3 heteroatoms. The van der Waals surface area contributed by atoms with Crippen LogP contribution in [0.15, 0.2) is 121 Å². The fourth-order valence-corrected chi connectivity index (χ4v) is 5.85. The maximum atomic E-state index is 5.98. The summed E-state index contributed by atoms with van der Waals surface area (Å²) in [7, 11) is 0. The van der Waals surface area contributed by atoms with Crippen LogP contribution in [0.25, 0.3) is 21.5 Å². The summed E-state index contributed by atoms with van der Waals surface area (Å²) in [5, 5.41) is 7.01. The Balaban J connectivity index is 0.000000170. The minimum atomic E-state index is 0.194. The second-order valence-electron chi connectivity index (χ2n) is 12.6. The molecule has 0 saturated carbocycles. The van der Waals surface area contributed by atoms with E-state index in [0.717, 1.165) is 21.2 Å². The first-order chi connectivity index (χ1) is 19.8. The van der Waals surface area contributed by atoms with Crippen LogP contribution in [0.5, 0.6) is 0 Å². The molecule has 42 heavy (non-hydrogen) atoms. The van der Waals surface area contributed by atoms with E-state index in [1.165, 1.54) is 60.1 Å². The van der Waals surface area contributed by atoms with E-state index in [-0.39, 0.29) is 10.8 Å². The van der Waals surface area contributed by atoms with Crippen LogP contribution in [-0.4, -0.2) is 3.21 Å². The fourth-order valence-electron chi connectivity index (χ4n) is 4.71. The molecule has 0 aliphatic heterocycles. The largest absolute Gasteiger partial charge is 0.214 e. The van der Waals surface area contributed by atoms with Gasteiger partial charge < -0.3 is 0 Å². The molecule has 0 radical (unpaired) electrons. The van der Waals surface area contributed by atoms with Crippen molar-refractivity contribution in [3.63, 3.8) is 0 Å². The third-order valence-corrected chi connectivity index (χ3v) is 9.11. The number of rotatable bonds is 2. The minimum Gasteiger partial charge on any atom is -0.214 e. The number of hydrogen-bond acceptors (Lipinski definition) is 0. The summed E-state index contributed by atoms with van der Waals surface area (Å²) in [6.45, 7) is 13.7. The number of halogens is 2. The van der Waals surface area contributed by atoms with Crippen molar-refractivity contribution in [2.75, 3.05) is 0 Å². The van der Waals surface area contributed by atoms with Crippen molar-refractivity contribution in [2.45, 2.75) is 52.4 Å². The van der Waals surface area contributed by atoms with Gasteiger partial charge in [0.1, 0.15) is 0 Å². The van der Waals surface area contributed by atoms with Crippen LogP contribution < -0.4 is 0 Å². The smallest absolute Gasteiger partial charge is 0.172 e. The average Bonchev–Trinajstić information content (AvgIpc) is 3.63. The van der Waals surface area contributed by atoms with Gasteiger partial charge in [0.15, 0.2) is 0 Å². The van der Waals surface area contributed by atoms with Crippen LogP contribution >= 0.6 is 23.2 Å². The van der Waals surface area contributed by atoms with Crippen molar-refractivity contribution >= 4 is 48.0 Å². The molecule has 0 unspecified atom stereocenters. The van der Waals surface area contributed by atoms with Crippen molar-refractivity contribution in [1.29, 1.82) is 0 Å². The fraction of sp³-hybridized carbons (Fsp3) is 0.205. The first-order valence-corrected chi connectivity index (χ1v) is 16.2. The molecule has 0 aliphatic carbocycles. The molecule has 0 amide bonds. The van der Waals surface area contributed by atoms with E-state index in [1.54, 1.807) is 0 Å². The molecule has 212 valence electrons. The summed E-state index contributed by atoms with van der Waals surface area (Å²) >= 11 is 13.3. The standard InChI is InChI=1S/C21H25.C13H8Cl2.C5H5.Zr/c1-20(2,3)16-9-7-14-11-15-8-10-17(21(4,5)6)13-19(15)18(14)12-16;14-12-5-1-3-10(8-12)7-11-4-2-6-13(15)9-11;1-2-4-5-3-1;/h7-13H,1-6H3;1-6,8-9H;1-5H;/q-1;;-1;+2. The Morgan fingerprint density at radius 2 is 1.00 bits per heavy atom. The van der Waals surface area contributed by atoms with Crippen molar-refractivity contribution in [2.24, 2.45) is 0 Å². The van der Waals surface area contributed by atoms with E-state index in [4.69, 9.17) is 23.2 Å². The summed E-state index contributed by atoms with van der Waals surface area (Å²) in [5.41, 5.74) is 5.52. The number of hydrogen-bond donors (Lipinski definition) is 0. The van der Waals surface area contributed by atoms with E-state index in [0.29, 0.717) is 0 Å². The van der Waals surface area contributed by atoms with Crippen molar-refractivity contribution in [3.8, 4) is 0 Å². The Kier molecular flexibility index (Phi) is 10.6. The molecule has 0 bridgehead atoms. The predicted molar refractivity (Wildman–Crippen MR) is 183 cm³/mol. The SMILES string of the molecule is CC(C)(C)c1ccc2[cH-]c3ccc(C(C)(C)C)cc3c2c1.Clc1cccc([C](=[Zr+2])c2cccc(Cl)c2)c1.c1cc[cH-]c1. The van der Waals surface area contributed by atoms with E-state index in [9.17, 15) is 0 Å². The van der Waals surface area contributed by atoms with Crippen molar-refractivity contribution in [1.82, 2.24) is 0 Å². The predicted octanol–water partition coefficient (Wildman–Crippen LogP) is 11.8. The topological polar surface area (TPSA) is 0 Å². The van der Waals surface area contributed by atoms with Gasteiger partial charge in [0.2, 0.25) is 0 Å². The van der Waals surface area contributed by atoms with Crippen LogP contribution in [0.4, 0.5) is 0 Å². The monoisotopic (exact) mass is 666 g/mol. The van der Waals surface area contributed by atoms with Crippen LogP contribution in [0.3, 0.4) is 0 Å². The summed E-state index contributed by atoms with van der Waals surface area (Å²) in [4.78, 5) is 0. The van der Waals surface area contributed by atoms with Gasteiger partial charge >= 0.3 is 120 Å². The van der Waals surface area contributed by atoms with Crippen LogP contribution in [0, 0.1) is 0 Å². The first-order valence-electron chi connectivity index (χ1n) is 14.2. The third kappa shape index (κ3) is 8.51. The van der Waals surface area contributed by atoms with Gasteiger partial charge in [-0.3, -0.25) is 0 Å². The zero-order valence-corrected chi connectivity index (χ0v) is 29.3. The normalized spacial score (nSPS) is 11.5. The van der Waals surface area contributed by atoms with Gasteiger partial charge in [-0.05, 0) is 10.8 Å². The summed E-state index contributed by atoms with van der Waals surface area (Å²) in [6.07, 6.45) is 0. The minimum absolute atomic E-state index is 0.194. The Morgan fingerprint density at radius 1 is 0.571 bits per heavy atom. The number of benzene rings is 4. The molecule has 0 saturated heterocycles. The van der Waals surface area contributed by atoms with Gasteiger partial charge in [0.25, 0.3) is 0 Å². The first kappa shape index (κ1) is 32.3. The van der Waals surface area contributed by atoms with E-state index in [2.05, 4.69) is 96.1 Å². The van der Waals surface area contributed by atoms with Gasteiger partial charge in [0, 0.05) is 0 Å². The molecule has 6 rings (SSSR count). The maximum absolute atomic E-state index is 5.98. The van der Waals surface area contributed by atoms with Gasteiger partial charge in [-0.25, -0.2) is 12.1 Å². The molecule has 0 nitrogen and oxygen atoms in total. The molecule has 0 spiro atoms. The molecular weight excluding hydrogens is 631 g/mol. The molecular formula is C39H38Cl2Zr. The van der Waals surface area contributed by atoms with Crippen molar-refractivity contribution in [3.05, 3.63) is 154 Å². The molecule has 6 aromatic carbocycles. The third-order valence-electron chi connectivity index (χ3n) is 7.22. The molecule has 0 N–H and O–H groups in total. The Bertz CT molecular complexity index is 1640. The summed E-state index contributed by atoms with van der Waals surface area (Å²) in [5.74, 6) is 0. The van der Waals surface area contributed by atoms with Gasteiger partial charge in [0.05, 0.1) is 0 Å². The number of fused-ring (bicyclic) bond motifs is 3. The molecule has 0 aromatic heterocycles. The van der Waals surface area contributed by atoms with Gasteiger partial charge in [-0.15, -0.1) is 39.7 Å². The Morgan fingerprint density at radius 3 is 1.33 bits per heavy atom. The van der Waals surface area contributed by atoms with E-state index >= 15 is 0 Å². The van der Waals surface area contributed by atoms with Gasteiger partial charge in [-0.2, -0.15) is 18.2 Å². The van der Waals surface area contributed by atoms with E-state index in [1.807, 2.05) is 66.7 Å². The molecule has 0 atom stereocenters. The second kappa shape index (κ2) is 13.8. The summed E-state index contributed by atoms with van der Waals surface area (Å²) < 4.78 is 1.26. The van der Waals surface area contributed by atoms with Crippen LogP contribution in [0.1, 0.15) is 63.8 Å². The molecule has 0 aliphatic rings. The molecule has 0 heterocycles. The van der Waals surface area contributed by atoms with Crippen molar-refractivity contribution < 1.29 is 24.2 Å². The molecule has 6 aromatic rings. The van der Waals surface area contributed by atoms with Gasteiger partial charge in [-0.1, -0.05) is 76.9 Å². The second-order valence-corrected chi connectivity index (χ2v) is 14.7. The zero-order chi connectivity index (χ0) is 30.5. The Labute approximate surface area is 276 Å². The van der Waals surface area contributed by atoms with Crippen LogP contribution in [-0.2, 0) is 35.1 Å². The summed E-state index contributed by atoms with van der Waals surface area (Å²) in [6, 6.07) is 41.9. The quantitative estimate of drug-likeness (QED) is 0.161. The Hall–Kier alpha value is -2.57. The molecule has 0 fully saturated rings. The zero-order valence-electron chi connectivity index (χ0n) is 25.3. The maximum Gasteiger partial charge on any atom is -0.172 e.